The molecule has 110 valence electrons. The Balaban J connectivity index is 2.07. The molecule has 4 nitrogen and oxygen atoms in total. The summed E-state index contributed by atoms with van der Waals surface area (Å²) in [5, 5.41) is 2.61. The van der Waals surface area contributed by atoms with Gasteiger partial charge < -0.3 is 15.8 Å². The van der Waals surface area contributed by atoms with E-state index in [2.05, 4.69) is 10.1 Å². The maximum atomic E-state index is 12.1. The molecule has 0 spiro atoms. The summed E-state index contributed by atoms with van der Waals surface area (Å²) in [5.74, 6) is -0.353. The molecule has 2 rings (SSSR count). The minimum Gasteiger partial charge on any atom is -0.435 e. The Morgan fingerprint density at radius 2 is 1.90 bits per heavy atom. The van der Waals surface area contributed by atoms with E-state index >= 15 is 0 Å². The first-order valence-electron chi connectivity index (χ1n) is 6.23. The Bertz CT molecular complexity index is 615. The molecule has 0 unspecified atom stereocenters. The molecule has 3 N–H and O–H groups in total. The van der Waals surface area contributed by atoms with Crippen LogP contribution in [0.15, 0.2) is 48.5 Å². The molecule has 1 amide bonds. The van der Waals surface area contributed by atoms with E-state index in [1.165, 1.54) is 18.2 Å². The summed E-state index contributed by atoms with van der Waals surface area (Å²) in [6.45, 7) is -2.51. The maximum absolute atomic E-state index is 12.1. The summed E-state index contributed by atoms with van der Waals surface area (Å²) >= 11 is 0. The molecule has 0 heterocycles. The predicted octanol–water partition coefficient (Wildman–Crippen LogP) is 3.00. The second-order valence-corrected chi connectivity index (χ2v) is 4.26. The Hall–Kier alpha value is -2.47. The quantitative estimate of drug-likeness (QED) is 0.890. The Morgan fingerprint density at radius 1 is 1.19 bits per heavy atom. The fourth-order valence-electron chi connectivity index (χ4n) is 1.75. The molecule has 0 radical (unpaired) electrons. The minimum absolute atomic E-state index is 0.0127. The van der Waals surface area contributed by atoms with Gasteiger partial charge in [0.1, 0.15) is 5.75 Å². The van der Waals surface area contributed by atoms with Gasteiger partial charge in [-0.25, -0.2) is 0 Å². The van der Waals surface area contributed by atoms with Gasteiger partial charge in [-0.1, -0.05) is 18.2 Å². The monoisotopic (exact) mass is 292 g/mol. The highest BCUT2D eigenvalue weighted by atomic mass is 19.3. The highest BCUT2D eigenvalue weighted by Crippen LogP contribution is 2.20. The summed E-state index contributed by atoms with van der Waals surface area (Å²) in [5.41, 5.74) is 7.22. The molecule has 0 aromatic heterocycles. The fourth-order valence-corrected chi connectivity index (χ4v) is 1.75. The SMILES string of the molecule is NCc1ccc(C(=O)Nc2cccc(OC(F)F)c2)cc1. The molecule has 2 aromatic rings. The number of hydrogen-bond acceptors (Lipinski definition) is 3. The molecule has 6 heteroatoms. The molecule has 0 saturated heterocycles. The van der Waals surface area contributed by atoms with Crippen LogP contribution in [0.4, 0.5) is 14.5 Å². The smallest absolute Gasteiger partial charge is 0.387 e. The lowest BCUT2D eigenvalue weighted by Gasteiger charge is -2.08. The van der Waals surface area contributed by atoms with Gasteiger partial charge in [0, 0.05) is 23.9 Å². The lowest BCUT2D eigenvalue weighted by atomic mass is 10.1. The summed E-state index contributed by atoms with van der Waals surface area (Å²) in [6, 6.07) is 12.6. The van der Waals surface area contributed by atoms with Gasteiger partial charge in [-0.3, -0.25) is 4.79 Å². The number of ether oxygens (including phenoxy) is 1. The molecule has 0 atom stereocenters. The van der Waals surface area contributed by atoms with Crippen molar-refractivity contribution in [1.82, 2.24) is 0 Å². The molecule has 2 aromatic carbocycles. The fraction of sp³-hybridized carbons (Fsp3) is 0.133. The van der Waals surface area contributed by atoms with E-state index in [9.17, 15) is 13.6 Å². The molecular formula is C15H14F2N2O2. The number of anilines is 1. The van der Waals surface area contributed by atoms with Gasteiger partial charge in [-0.2, -0.15) is 8.78 Å². The van der Waals surface area contributed by atoms with Gasteiger partial charge in [0.05, 0.1) is 0 Å². The van der Waals surface area contributed by atoms with E-state index in [-0.39, 0.29) is 11.7 Å². The van der Waals surface area contributed by atoms with Crippen LogP contribution < -0.4 is 15.8 Å². The third kappa shape index (κ3) is 4.25. The van der Waals surface area contributed by atoms with Gasteiger partial charge in [0.2, 0.25) is 0 Å². The third-order valence-electron chi connectivity index (χ3n) is 2.77. The first-order valence-corrected chi connectivity index (χ1v) is 6.23. The van der Waals surface area contributed by atoms with Crippen LogP contribution in [0.3, 0.4) is 0 Å². The summed E-state index contributed by atoms with van der Waals surface area (Å²) in [7, 11) is 0. The van der Waals surface area contributed by atoms with Crippen molar-refractivity contribution in [3.63, 3.8) is 0 Å². The summed E-state index contributed by atoms with van der Waals surface area (Å²) < 4.78 is 28.5. The van der Waals surface area contributed by atoms with Gasteiger partial charge in [-0.05, 0) is 29.8 Å². The number of amides is 1. The molecule has 21 heavy (non-hydrogen) atoms. The van der Waals surface area contributed by atoms with E-state index in [0.717, 1.165) is 5.56 Å². The number of alkyl halides is 2. The molecule has 0 aliphatic carbocycles. The number of carbonyl (C=O) groups is 1. The second-order valence-electron chi connectivity index (χ2n) is 4.26. The van der Waals surface area contributed by atoms with Gasteiger partial charge in [0.15, 0.2) is 0 Å². The number of nitrogens with two attached hydrogens (primary N) is 1. The summed E-state index contributed by atoms with van der Waals surface area (Å²) in [6.07, 6.45) is 0. The lowest BCUT2D eigenvalue weighted by molar-refractivity contribution is -0.0497. The molecule has 0 aliphatic rings. The first-order chi connectivity index (χ1) is 10.1. The van der Waals surface area contributed by atoms with E-state index in [4.69, 9.17) is 5.73 Å². The second kappa shape index (κ2) is 6.81. The van der Waals surface area contributed by atoms with E-state index in [1.807, 2.05) is 0 Å². The van der Waals surface area contributed by atoms with Crippen molar-refractivity contribution in [2.24, 2.45) is 5.73 Å². The van der Waals surface area contributed by atoms with Crippen LogP contribution in [0.25, 0.3) is 0 Å². The van der Waals surface area contributed by atoms with Gasteiger partial charge >= 0.3 is 6.61 Å². The Morgan fingerprint density at radius 3 is 2.52 bits per heavy atom. The zero-order chi connectivity index (χ0) is 15.2. The van der Waals surface area contributed by atoms with Crippen molar-refractivity contribution in [2.75, 3.05) is 5.32 Å². The molecule has 0 saturated carbocycles. The van der Waals surface area contributed by atoms with Gasteiger partial charge in [0.25, 0.3) is 5.91 Å². The number of benzene rings is 2. The molecule has 0 aliphatic heterocycles. The van der Waals surface area contributed by atoms with Crippen molar-refractivity contribution in [3.05, 3.63) is 59.7 Å². The summed E-state index contributed by atoms with van der Waals surface area (Å²) in [4.78, 5) is 12.0. The van der Waals surface area contributed by atoms with Crippen LogP contribution in [0.2, 0.25) is 0 Å². The van der Waals surface area contributed by atoms with E-state index in [1.54, 1.807) is 30.3 Å². The average molecular weight is 292 g/mol. The molecule has 0 bridgehead atoms. The van der Waals surface area contributed by atoms with Crippen LogP contribution in [0.1, 0.15) is 15.9 Å². The number of nitrogens with one attached hydrogen (secondary N) is 1. The highest BCUT2D eigenvalue weighted by molar-refractivity contribution is 6.04. The van der Waals surface area contributed by atoms with Crippen LogP contribution in [0, 0.1) is 0 Å². The van der Waals surface area contributed by atoms with E-state index < -0.39 is 6.61 Å². The van der Waals surface area contributed by atoms with E-state index in [0.29, 0.717) is 17.8 Å². The zero-order valence-electron chi connectivity index (χ0n) is 11.1. The van der Waals surface area contributed by atoms with Crippen LogP contribution in [-0.4, -0.2) is 12.5 Å². The third-order valence-corrected chi connectivity index (χ3v) is 2.77. The number of rotatable bonds is 5. The number of carbonyl (C=O) groups excluding carboxylic acids is 1. The normalized spacial score (nSPS) is 10.5. The van der Waals surface area contributed by atoms with Crippen molar-refractivity contribution in [3.8, 4) is 5.75 Å². The largest absolute Gasteiger partial charge is 0.435 e. The Labute approximate surface area is 120 Å². The number of halogens is 2. The average Bonchev–Trinajstić information content (AvgIpc) is 2.47. The van der Waals surface area contributed by atoms with Crippen LogP contribution >= 0.6 is 0 Å². The lowest BCUT2D eigenvalue weighted by Crippen LogP contribution is -2.12. The van der Waals surface area contributed by atoms with Crippen LogP contribution in [0.5, 0.6) is 5.75 Å². The standard InChI is InChI=1S/C15H14F2N2O2/c16-15(17)21-13-3-1-2-12(8-13)19-14(20)11-6-4-10(9-18)5-7-11/h1-8,15H,9,18H2,(H,19,20). The minimum atomic E-state index is -2.90. The van der Waals surface area contributed by atoms with Crippen molar-refractivity contribution >= 4 is 11.6 Å². The number of hydrogen-bond donors (Lipinski definition) is 2. The van der Waals surface area contributed by atoms with Crippen LogP contribution in [-0.2, 0) is 6.54 Å². The van der Waals surface area contributed by atoms with Crippen molar-refractivity contribution in [1.29, 1.82) is 0 Å². The van der Waals surface area contributed by atoms with Crippen molar-refractivity contribution in [2.45, 2.75) is 13.2 Å². The maximum Gasteiger partial charge on any atom is 0.387 e. The van der Waals surface area contributed by atoms with Crippen molar-refractivity contribution < 1.29 is 18.3 Å². The highest BCUT2D eigenvalue weighted by Gasteiger charge is 2.08. The molecule has 0 fully saturated rings. The van der Waals surface area contributed by atoms with Gasteiger partial charge in [-0.15, -0.1) is 0 Å². The topological polar surface area (TPSA) is 64.4 Å². The predicted molar refractivity (Wildman–Crippen MR) is 75.4 cm³/mol. The first kappa shape index (κ1) is 14.9. The zero-order valence-corrected chi connectivity index (χ0v) is 11.1. The Kier molecular flexibility index (Phi) is 4.84. The molecular weight excluding hydrogens is 278 g/mol.